The van der Waals surface area contributed by atoms with Crippen molar-refractivity contribution < 1.29 is 17.9 Å². The summed E-state index contributed by atoms with van der Waals surface area (Å²) in [5.41, 5.74) is 1.06. The topological polar surface area (TPSA) is 84.7 Å². The van der Waals surface area contributed by atoms with Gasteiger partial charge < -0.3 is 14.2 Å². The molecule has 10 heteroatoms. The molecule has 1 aliphatic rings. The maximum absolute atomic E-state index is 13.7. The first-order valence-electron chi connectivity index (χ1n) is 9.65. The Morgan fingerprint density at radius 1 is 1.33 bits per heavy atom. The van der Waals surface area contributed by atoms with Crippen LogP contribution in [0.3, 0.4) is 0 Å². The Hall–Kier alpha value is -2.43. The minimum atomic E-state index is -3.94. The number of carbonyl (C=O) groups is 1. The van der Waals surface area contributed by atoms with Gasteiger partial charge in [0.15, 0.2) is 0 Å². The second-order valence-electron chi connectivity index (χ2n) is 7.51. The minimum absolute atomic E-state index is 0.0625. The standard InChI is InChI=1S/C20H24N4O4S2/c1-22(2)19(25)17-11-15(13-23(17)3)30(26,27)24(12-14-7-6-10-28-14)20-21-16-8-4-5-9-18(16)29-20/h4-5,8-9,11,13-14H,6-7,10,12H2,1-3H3/t14-/m0/s1. The number of carbonyl (C=O) groups excluding carboxylic acids is 1. The number of aryl methyl sites for hydroxylation is 1. The van der Waals surface area contributed by atoms with Gasteiger partial charge in [0.2, 0.25) is 5.13 Å². The molecule has 160 valence electrons. The van der Waals surface area contributed by atoms with E-state index in [1.54, 1.807) is 21.1 Å². The van der Waals surface area contributed by atoms with Crippen LogP contribution >= 0.6 is 11.3 Å². The molecule has 0 aliphatic carbocycles. The molecule has 0 saturated carbocycles. The number of amides is 1. The molecule has 3 heterocycles. The van der Waals surface area contributed by atoms with E-state index in [9.17, 15) is 13.2 Å². The van der Waals surface area contributed by atoms with Crippen molar-refractivity contribution in [3.8, 4) is 0 Å². The molecule has 0 unspecified atom stereocenters. The summed E-state index contributed by atoms with van der Waals surface area (Å²) in [5.74, 6) is -0.260. The zero-order valence-corrected chi connectivity index (χ0v) is 18.7. The van der Waals surface area contributed by atoms with Gasteiger partial charge in [0.25, 0.3) is 15.9 Å². The van der Waals surface area contributed by atoms with E-state index in [4.69, 9.17) is 4.74 Å². The Labute approximate surface area is 179 Å². The number of anilines is 1. The molecular weight excluding hydrogens is 424 g/mol. The fourth-order valence-corrected chi connectivity index (χ4v) is 6.17. The van der Waals surface area contributed by atoms with E-state index in [0.717, 1.165) is 23.1 Å². The van der Waals surface area contributed by atoms with Crippen molar-refractivity contribution in [1.29, 1.82) is 0 Å². The quantitative estimate of drug-likeness (QED) is 0.579. The van der Waals surface area contributed by atoms with E-state index < -0.39 is 10.0 Å². The summed E-state index contributed by atoms with van der Waals surface area (Å²) >= 11 is 1.33. The Morgan fingerprint density at radius 3 is 2.77 bits per heavy atom. The molecule has 4 rings (SSSR count). The highest BCUT2D eigenvalue weighted by molar-refractivity contribution is 7.93. The molecule has 30 heavy (non-hydrogen) atoms. The lowest BCUT2D eigenvalue weighted by molar-refractivity contribution is 0.0818. The second-order valence-corrected chi connectivity index (χ2v) is 10.4. The number of para-hydroxylation sites is 1. The van der Waals surface area contributed by atoms with E-state index >= 15 is 0 Å². The fraction of sp³-hybridized carbons (Fsp3) is 0.400. The monoisotopic (exact) mass is 448 g/mol. The lowest BCUT2D eigenvalue weighted by Gasteiger charge is -2.23. The number of benzene rings is 1. The molecular formula is C20H24N4O4S2. The van der Waals surface area contributed by atoms with E-state index in [-0.39, 0.29) is 23.5 Å². The summed E-state index contributed by atoms with van der Waals surface area (Å²) in [6, 6.07) is 8.99. The predicted molar refractivity (Wildman–Crippen MR) is 117 cm³/mol. The molecule has 0 bridgehead atoms. The number of rotatable bonds is 6. The number of thiazole rings is 1. The molecule has 1 saturated heterocycles. The molecule has 1 atom stereocenters. The van der Waals surface area contributed by atoms with E-state index in [0.29, 0.717) is 17.4 Å². The third kappa shape index (κ3) is 3.82. The Bertz CT molecular complexity index is 1140. The van der Waals surface area contributed by atoms with Crippen molar-refractivity contribution in [2.75, 3.05) is 31.6 Å². The van der Waals surface area contributed by atoms with Crippen LogP contribution in [0.25, 0.3) is 10.2 Å². The summed E-state index contributed by atoms with van der Waals surface area (Å²) in [6.45, 7) is 0.819. The largest absolute Gasteiger partial charge is 0.376 e. The summed E-state index contributed by atoms with van der Waals surface area (Å²) in [4.78, 5) is 18.5. The van der Waals surface area contributed by atoms with Crippen LogP contribution in [-0.4, -0.2) is 62.1 Å². The zero-order valence-electron chi connectivity index (χ0n) is 17.1. The lowest BCUT2D eigenvalue weighted by Crippen LogP contribution is -2.37. The number of hydrogen-bond donors (Lipinski definition) is 0. The van der Waals surface area contributed by atoms with Crippen LogP contribution < -0.4 is 4.31 Å². The number of fused-ring (bicyclic) bond motifs is 1. The van der Waals surface area contributed by atoms with Gasteiger partial charge in [0.1, 0.15) is 10.6 Å². The van der Waals surface area contributed by atoms with Gasteiger partial charge in [-0.25, -0.2) is 17.7 Å². The Balaban J connectivity index is 1.77. The average Bonchev–Trinajstić information content (AvgIpc) is 3.44. The van der Waals surface area contributed by atoms with Crippen molar-refractivity contribution in [3.05, 3.63) is 42.2 Å². The van der Waals surface area contributed by atoms with Crippen molar-refractivity contribution in [1.82, 2.24) is 14.5 Å². The summed E-state index contributed by atoms with van der Waals surface area (Å²) in [5, 5.41) is 0.399. The first-order valence-corrected chi connectivity index (χ1v) is 11.9. The van der Waals surface area contributed by atoms with Crippen molar-refractivity contribution in [2.45, 2.75) is 23.8 Å². The summed E-state index contributed by atoms with van der Waals surface area (Å²) in [7, 11) is 0.991. The van der Waals surface area contributed by atoms with Gasteiger partial charge in [-0.3, -0.25) is 4.79 Å². The van der Waals surface area contributed by atoms with Crippen molar-refractivity contribution >= 4 is 42.6 Å². The van der Waals surface area contributed by atoms with Crippen LogP contribution in [0.15, 0.2) is 41.4 Å². The number of sulfonamides is 1. The normalized spacial score (nSPS) is 16.8. The minimum Gasteiger partial charge on any atom is -0.376 e. The van der Waals surface area contributed by atoms with Gasteiger partial charge >= 0.3 is 0 Å². The first kappa shape index (κ1) is 20.8. The number of hydrogen-bond acceptors (Lipinski definition) is 6. The van der Waals surface area contributed by atoms with Crippen molar-refractivity contribution in [3.63, 3.8) is 0 Å². The van der Waals surface area contributed by atoms with Gasteiger partial charge in [-0.2, -0.15) is 0 Å². The molecule has 1 amide bonds. The molecule has 0 radical (unpaired) electrons. The molecule has 2 aromatic heterocycles. The smallest absolute Gasteiger partial charge is 0.269 e. The Morgan fingerprint density at radius 2 is 2.10 bits per heavy atom. The van der Waals surface area contributed by atoms with Crippen LogP contribution in [0.2, 0.25) is 0 Å². The van der Waals surface area contributed by atoms with Crippen LogP contribution in [0.1, 0.15) is 23.3 Å². The van der Waals surface area contributed by atoms with Crippen LogP contribution in [0.4, 0.5) is 5.13 Å². The molecule has 1 aromatic carbocycles. The predicted octanol–water partition coefficient (Wildman–Crippen LogP) is 2.71. The third-order valence-electron chi connectivity index (χ3n) is 5.08. The highest BCUT2D eigenvalue weighted by Crippen LogP contribution is 2.33. The molecule has 3 aromatic rings. The SMILES string of the molecule is CN(C)C(=O)c1cc(S(=O)(=O)N(C[C@@H]2CCCO2)c2nc3ccccc3s2)cn1C. The zero-order chi connectivity index (χ0) is 21.5. The molecule has 0 N–H and O–H groups in total. The van der Waals surface area contributed by atoms with Crippen LogP contribution in [0, 0.1) is 0 Å². The maximum atomic E-state index is 13.7. The van der Waals surface area contributed by atoms with E-state index in [2.05, 4.69) is 4.98 Å². The highest BCUT2D eigenvalue weighted by atomic mass is 32.2. The highest BCUT2D eigenvalue weighted by Gasteiger charge is 2.33. The van der Waals surface area contributed by atoms with Gasteiger partial charge in [-0.05, 0) is 31.0 Å². The first-order chi connectivity index (χ1) is 14.3. The Kier molecular flexibility index (Phi) is 5.56. The van der Waals surface area contributed by atoms with Crippen LogP contribution in [0.5, 0.6) is 0 Å². The summed E-state index contributed by atoms with van der Waals surface area (Å²) in [6.07, 6.45) is 3.00. The van der Waals surface area contributed by atoms with Crippen LogP contribution in [-0.2, 0) is 21.8 Å². The van der Waals surface area contributed by atoms with Gasteiger partial charge in [-0.1, -0.05) is 23.5 Å². The van der Waals surface area contributed by atoms with E-state index in [1.807, 2.05) is 24.3 Å². The van der Waals surface area contributed by atoms with Gasteiger partial charge in [0, 0.05) is 33.9 Å². The van der Waals surface area contributed by atoms with Gasteiger partial charge in [-0.15, -0.1) is 0 Å². The molecule has 8 nitrogen and oxygen atoms in total. The van der Waals surface area contributed by atoms with Gasteiger partial charge in [0.05, 0.1) is 22.9 Å². The number of nitrogens with zero attached hydrogens (tertiary/aromatic N) is 4. The number of ether oxygens (including phenoxy) is 1. The molecule has 0 spiro atoms. The number of aromatic nitrogens is 2. The third-order valence-corrected chi connectivity index (χ3v) is 7.98. The summed E-state index contributed by atoms with van der Waals surface area (Å²) < 4.78 is 36.8. The molecule has 1 fully saturated rings. The fourth-order valence-electron chi connectivity index (χ4n) is 3.46. The average molecular weight is 449 g/mol. The molecule has 1 aliphatic heterocycles. The lowest BCUT2D eigenvalue weighted by atomic mass is 10.2. The van der Waals surface area contributed by atoms with E-state index in [1.165, 1.54) is 37.4 Å². The maximum Gasteiger partial charge on any atom is 0.269 e. The van der Waals surface area contributed by atoms with Crippen molar-refractivity contribution in [2.24, 2.45) is 7.05 Å². The second kappa shape index (κ2) is 8.01.